The molecule has 0 bridgehead atoms. The Balaban J connectivity index is 2.31. The van der Waals surface area contributed by atoms with E-state index in [2.05, 4.69) is 10.6 Å². The molecule has 0 saturated heterocycles. The number of aliphatic hydroxyl groups is 1. The molecule has 1 rings (SSSR count). The number of halogens is 1. The van der Waals surface area contributed by atoms with Crippen molar-refractivity contribution in [2.75, 3.05) is 13.2 Å². The van der Waals surface area contributed by atoms with Crippen molar-refractivity contribution >= 4 is 17.6 Å². The number of rotatable bonds is 7. The lowest BCUT2D eigenvalue weighted by molar-refractivity contribution is 0.204. The highest BCUT2D eigenvalue weighted by Crippen LogP contribution is 2.23. The van der Waals surface area contributed by atoms with Gasteiger partial charge in [-0.3, -0.25) is 0 Å². The molecule has 2 amide bonds. The van der Waals surface area contributed by atoms with Crippen LogP contribution in [0.3, 0.4) is 0 Å². The van der Waals surface area contributed by atoms with Crippen molar-refractivity contribution < 1.29 is 14.6 Å². The third kappa shape index (κ3) is 6.12. The summed E-state index contributed by atoms with van der Waals surface area (Å²) in [5.41, 5.74) is 0. The molecule has 0 aliphatic heterocycles. The molecule has 0 fully saturated rings. The van der Waals surface area contributed by atoms with Crippen LogP contribution in [0, 0.1) is 0 Å². The van der Waals surface area contributed by atoms with Crippen LogP contribution < -0.4 is 15.4 Å². The summed E-state index contributed by atoms with van der Waals surface area (Å²) in [7, 11) is 0. The van der Waals surface area contributed by atoms with Gasteiger partial charge in [-0.2, -0.15) is 0 Å². The van der Waals surface area contributed by atoms with Crippen LogP contribution >= 0.6 is 11.6 Å². The molecule has 3 N–H and O–H groups in total. The van der Waals surface area contributed by atoms with E-state index >= 15 is 0 Å². The number of ether oxygens (including phenoxy) is 1. The third-order valence-electron chi connectivity index (χ3n) is 2.65. The lowest BCUT2D eigenvalue weighted by Gasteiger charge is -2.18. The number of benzene rings is 1. The SMILES string of the molecule is CC(CNC(=O)N[C@H](C)CCO)Oc1ccccc1Cl. The molecule has 0 heterocycles. The molecule has 5 nitrogen and oxygen atoms in total. The van der Waals surface area contributed by atoms with Crippen molar-refractivity contribution in [1.29, 1.82) is 0 Å². The minimum Gasteiger partial charge on any atom is -0.487 e. The summed E-state index contributed by atoms with van der Waals surface area (Å²) in [4.78, 5) is 11.6. The van der Waals surface area contributed by atoms with Crippen LogP contribution in [-0.4, -0.2) is 36.4 Å². The largest absolute Gasteiger partial charge is 0.487 e. The molecule has 112 valence electrons. The van der Waals surface area contributed by atoms with E-state index in [9.17, 15) is 4.79 Å². The summed E-state index contributed by atoms with van der Waals surface area (Å²) in [6.07, 6.45) is 0.327. The van der Waals surface area contributed by atoms with E-state index in [4.69, 9.17) is 21.4 Å². The highest BCUT2D eigenvalue weighted by atomic mass is 35.5. The van der Waals surface area contributed by atoms with Gasteiger partial charge in [0.15, 0.2) is 0 Å². The average Bonchev–Trinajstić information content (AvgIpc) is 2.39. The number of carbonyl (C=O) groups excluding carboxylic acids is 1. The zero-order valence-corrected chi connectivity index (χ0v) is 12.5. The van der Waals surface area contributed by atoms with Gasteiger partial charge in [0.25, 0.3) is 0 Å². The van der Waals surface area contributed by atoms with Crippen LogP contribution in [0.25, 0.3) is 0 Å². The Morgan fingerprint density at radius 1 is 1.40 bits per heavy atom. The van der Waals surface area contributed by atoms with Crippen molar-refractivity contribution in [3.63, 3.8) is 0 Å². The van der Waals surface area contributed by atoms with Crippen molar-refractivity contribution in [2.45, 2.75) is 32.4 Å². The normalized spacial score (nSPS) is 13.4. The zero-order valence-electron chi connectivity index (χ0n) is 11.7. The van der Waals surface area contributed by atoms with E-state index in [1.807, 2.05) is 26.0 Å². The molecule has 6 heteroatoms. The smallest absolute Gasteiger partial charge is 0.315 e. The van der Waals surface area contributed by atoms with Gasteiger partial charge in [0.05, 0.1) is 11.6 Å². The number of urea groups is 1. The maximum Gasteiger partial charge on any atom is 0.315 e. The van der Waals surface area contributed by atoms with E-state index < -0.39 is 0 Å². The van der Waals surface area contributed by atoms with Crippen LogP contribution in [0.2, 0.25) is 5.02 Å². The molecule has 0 spiro atoms. The van der Waals surface area contributed by atoms with Crippen LogP contribution in [0.5, 0.6) is 5.75 Å². The molecule has 1 unspecified atom stereocenters. The van der Waals surface area contributed by atoms with Gasteiger partial charge in [-0.05, 0) is 32.4 Å². The predicted molar refractivity (Wildman–Crippen MR) is 79.2 cm³/mol. The lowest BCUT2D eigenvalue weighted by atomic mass is 10.2. The molecule has 0 radical (unpaired) electrons. The van der Waals surface area contributed by atoms with Gasteiger partial charge >= 0.3 is 6.03 Å². The minimum absolute atomic E-state index is 0.0491. The summed E-state index contributed by atoms with van der Waals surface area (Å²) in [6, 6.07) is 6.85. The summed E-state index contributed by atoms with van der Waals surface area (Å²) in [5, 5.41) is 14.7. The monoisotopic (exact) mass is 300 g/mol. The predicted octanol–water partition coefficient (Wildman–Crippen LogP) is 2.18. The number of aliphatic hydroxyl groups excluding tert-OH is 1. The highest BCUT2D eigenvalue weighted by Gasteiger charge is 2.10. The first kappa shape index (κ1) is 16.6. The maximum atomic E-state index is 11.6. The summed E-state index contributed by atoms with van der Waals surface area (Å²) in [5.74, 6) is 0.595. The van der Waals surface area contributed by atoms with Crippen LogP contribution in [0.4, 0.5) is 4.79 Å². The first-order valence-corrected chi connectivity index (χ1v) is 6.97. The Morgan fingerprint density at radius 2 is 2.10 bits per heavy atom. The van der Waals surface area contributed by atoms with Crippen molar-refractivity contribution in [2.24, 2.45) is 0 Å². The fourth-order valence-corrected chi connectivity index (χ4v) is 1.76. The van der Waals surface area contributed by atoms with Gasteiger partial charge in [0.2, 0.25) is 0 Å². The highest BCUT2D eigenvalue weighted by molar-refractivity contribution is 6.32. The first-order chi connectivity index (χ1) is 9.52. The minimum atomic E-state index is -0.277. The standard InChI is InChI=1S/C14H21ClN2O3/c1-10(7-8-18)17-14(19)16-9-11(2)20-13-6-4-3-5-12(13)15/h3-6,10-11,18H,7-9H2,1-2H3,(H2,16,17,19)/t10-,11?/m1/s1. The number of para-hydroxylation sites is 1. The third-order valence-corrected chi connectivity index (χ3v) is 2.97. The van der Waals surface area contributed by atoms with Gasteiger partial charge in [-0.15, -0.1) is 0 Å². The maximum absolute atomic E-state index is 11.6. The Bertz CT molecular complexity index is 429. The quantitative estimate of drug-likeness (QED) is 0.723. The molecule has 1 aromatic rings. The molecule has 2 atom stereocenters. The van der Waals surface area contributed by atoms with E-state index in [1.165, 1.54) is 0 Å². The molecule has 0 aliphatic carbocycles. The topological polar surface area (TPSA) is 70.6 Å². The second-order valence-corrected chi connectivity index (χ2v) is 5.03. The summed E-state index contributed by atoms with van der Waals surface area (Å²) in [6.45, 7) is 4.09. The number of hydrogen-bond acceptors (Lipinski definition) is 3. The molecule has 20 heavy (non-hydrogen) atoms. The van der Waals surface area contributed by atoms with E-state index in [1.54, 1.807) is 12.1 Å². The molecule has 0 aromatic heterocycles. The Labute approximate surface area is 124 Å². The van der Waals surface area contributed by atoms with Gasteiger partial charge in [0, 0.05) is 12.6 Å². The Morgan fingerprint density at radius 3 is 2.75 bits per heavy atom. The van der Waals surface area contributed by atoms with Crippen molar-refractivity contribution in [3.05, 3.63) is 29.3 Å². The van der Waals surface area contributed by atoms with Crippen LogP contribution in [0.1, 0.15) is 20.3 Å². The van der Waals surface area contributed by atoms with E-state index in [0.29, 0.717) is 23.7 Å². The van der Waals surface area contributed by atoms with Crippen LogP contribution in [-0.2, 0) is 0 Å². The van der Waals surface area contributed by atoms with Gasteiger partial charge in [-0.25, -0.2) is 4.79 Å². The van der Waals surface area contributed by atoms with E-state index in [-0.39, 0.29) is 24.8 Å². The second-order valence-electron chi connectivity index (χ2n) is 4.63. The fraction of sp³-hybridized carbons (Fsp3) is 0.500. The average molecular weight is 301 g/mol. The van der Waals surface area contributed by atoms with Crippen molar-refractivity contribution in [3.8, 4) is 5.75 Å². The first-order valence-electron chi connectivity index (χ1n) is 6.59. The molecule has 0 aliphatic rings. The summed E-state index contributed by atoms with van der Waals surface area (Å²) < 4.78 is 5.63. The van der Waals surface area contributed by atoms with Crippen LogP contribution in [0.15, 0.2) is 24.3 Å². The van der Waals surface area contributed by atoms with Gasteiger partial charge < -0.3 is 20.5 Å². The van der Waals surface area contributed by atoms with E-state index in [0.717, 1.165) is 0 Å². The zero-order chi connectivity index (χ0) is 15.0. The van der Waals surface area contributed by atoms with Gasteiger partial charge in [0.1, 0.15) is 11.9 Å². The lowest BCUT2D eigenvalue weighted by Crippen LogP contribution is -2.44. The number of hydrogen-bond donors (Lipinski definition) is 3. The Kier molecular flexibility index (Phi) is 7.18. The molecule has 1 aromatic carbocycles. The second kappa shape index (κ2) is 8.66. The number of carbonyl (C=O) groups is 1. The molecular formula is C14H21ClN2O3. The van der Waals surface area contributed by atoms with Gasteiger partial charge in [-0.1, -0.05) is 23.7 Å². The Hall–Kier alpha value is -1.46. The molecular weight excluding hydrogens is 280 g/mol. The van der Waals surface area contributed by atoms with Crippen molar-refractivity contribution in [1.82, 2.24) is 10.6 Å². The molecule has 0 saturated carbocycles. The summed E-state index contributed by atoms with van der Waals surface area (Å²) >= 11 is 5.99. The number of amides is 2. The fourth-order valence-electron chi connectivity index (χ4n) is 1.58. The number of nitrogens with one attached hydrogen (secondary N) is 2.